The average Bonchev–Trinajstić information content (AvgIpc) is 2.39. The molecule has 0 amide bonds. The molecule has 1 aliphatic heterocycles. The molecule has 112 valence electrons. The molecule has 5 heteroatoms. The van der Waals surface area contributed by atoms with Gasteiger partial charge < -0.3 is 20.6 Å². The van der Waals surface area contributed by atoms with E-state index in [9.17, 15) is 0 Å². The van der Waals surface area contributed by atoms with Gasteiger partial charge in [0.15, 0.2) is 0 Å². The van der Waals surface area contributed by atoms with Crippen LogP contribution >= 0.6 is 0 Å². The molecule has 0 aromatic rings. The zero-order valence-electron chi connectivity index (χ0n) is 12.6. The number of likely N-dealkylation sites (tertiary alicyclic amines) is 1. The molecule has 19 heavy (non-hydrogen) atoms. The first-order chi connectivity index (χ1) is 8.98. The van der Waals surface area contributed by atoms with Crippen LogP contribution in [0.25, 0.3) is 0 Å². The molecule has 0 saturated carbocycles. The molecule has 3 N–H and O–H groups in total. The largest absolute Gasteiger partial charge is 0.409 e. The van der Waals surface area contributed by atoms with Crippen molar-refractivity contribution in [3.05, 3.63) is 0 Å². The number of hydrogen-bond acceptors (Lipinski definition) is 4. The smallest absolute Gasteiger partial charge is 0.145 e. The van der Waals surface area contributed by atoms with Crippen molar-refractivity contribution in [1.82, 2.24) is 4.90 Å². The van der Waals surface area contributed by atoms with E-state index in [1.807, 2.05) is 0 Å². The Kier molecular flexibility index (Phi) is 6.58. The van der Waals surface area contributed by atoms with Crippen molar-refractivity contribution in [2.75, 3.05) is 32.8 Å². The summed E-state index contributed by atoms with van der Waals surface area (Å²) < 4.78 is 5.64. The van der Waals surface area contributed by atoms with Gasteiger partial charge in [0, 0.05) is 18.6 Å². The molecular formula is C14H29N3O2. The zero-order valence-corrected chi connectivity index (χ0v) is 12.6. The van der Waals surface area contributed by atoms with Crippen molar-refractivity contribution in [2.45, 2.75) is 40.0 Å². The zero-order chi connectivity index (χ0) is 14.3. The topological polar surface area (TPSA) is 71.1 Å². The van der Waals surface area contributed by atoms with Gasteiger partial charge in [-0.15, -0.1) is 0 Å². The lowest BCUT2D eigenvalue weighted by Gasteiger charge is -2.38. The van der Waals surface area contributed by atoms with Crippen LogP contribution in [0.3, 0.4) is 0 Å². The van der Waals surface area contributed by atoms with E-state index in [0.717, 1.165) is 52.1 Å². The average molecular weight is 271 g/mol. The Bertz CT molecular complexity index is 284. The minimum absolute atomic E-state index is 0.149. The van der Waals surface area contributed by atoms with Crippen LogP contribution in [0.1, 0.15) is 40.0 Å². The number of piperidine rings is 1. The van der Waals surface area contributed by atoms with Crippen molar-refractivity contribution in [2.24, 2.45) is 22.2 Å². The maximum absolute atomic E-state index is 8.79. The van der Waals surface area contributed by atoms with Gasteiger partial charge in [0.05, 0.1) is 6.61 Å². The fourth-order valence-corrected chi connectivity index (χ4v) is 2.26. The fourth-order valence-electron chi connectivity index (χ4n) is 2.26. The monoisotopic (exact) mass is 271 g/mol. The lowest BCUT2D eigenvalue weighted by Crippen LogP contribution is -2.46. The molecule has 1 heterocycles. The summed E-state index contributed by atoms with van der Waals surface area (Å²) in [5.41, 5.74) is 5.60. The SMILES string of the molecule is CC(C)CCOCCN1CCC(C)(C(N)=NO)CC1. The van der Waals surface area contributed by atoms with E-state index in [-0.39, 0.29) is 5.41 Å². The summed E-state index contributed by atoms with van der Waals surface area (Å²) in [6.45, 7) is 11.1. The molecule has 5 nitrogen and oxygen atoms in total. The van der Waals surface area contributed by atoms with Gasteiger partial charge >= 0.3 is 0 Å². The summed E-state index contributed by atoms with van der Waals surface area (Å²) in [7, 11) is 0. The van der Waals surface area contributed by atoms with Crippen LogP contribution in [0.15, 0.2) is 5.16 Å². The molecule has 0 spiro atoms. The lowest BCUT2D eigenvalue weighted by atomic mass is 9.79. The molecule has 0 aromatic heterocycles. The van der Waals surface area contributed by atoms with Crippen LogP contribution in [0, 0.1) is 11.3 Å². The van der Waals surface area contributed by atoms with Crippen molar-refractivity contribution < 1.29 is 9.94 Å². The standard InChI is InChI=1S/C14H29N3O2/c1-12(2)4-10-19-11-9-17-7-5-14(3,6-8-17)13(15)16-18/h12,18H,4-11H2,1-3H3,(H2,15,16). The van der Waals surface area contributed by atoms with Gasteiger partial charge in [-0.2, -0.15) is 0 Å². The maximum atomic E-state index is 8.79. The Morgan fingerprint density at radius 1 is 1.37 bits per heavy atom. The molecule has 0 bridgehead atoms. The second kappa shape index (κ2) is 7.70. The number of nitrogens with zero attached hydrogens (tertiary/aromatic N) is 2. The minimum Gasteiger partial charge on any atom is -0.409 e. The van der Waals surface area contributed by atoms with E-state index in [1.54, 1.807) is 0 Å². The fraction of sp³-hybridized carbons (Fsp3) is 0.929. The van der Waals surface area contributed by atoms with Crippen LogP contribution in [0.2, 0.25) is 0 Å². The predicted molar refractivity (Wildman–Crippen MR) is 77.5 cm³/mol. The first-order valence-corrected chi connectivity index (χ1v) is 7.26. The summed E-state index contributed by atoms with van der Waals surface area (Å²) in [4.78, 5) is 2.39. The third-order valence-electron chi connectivity index (χ3n) is 4.08. The normalized spacial score (nSPS) is 20.9. The quantitative estimate of drug-likeness (QED) is 0.244. The van der Waals surface area contributed by atoms with Crippen LogP contribution in [-0.2, 0) is 4.74 Å². The lowest BCUT2D eigenvalue weighted by molar-refractivity contribution is 0.0774. The van der Waals surface area contributed by atoms with Gasteiger partial charge in [-0.3, -0.25) is 0 Å². The van der Waals surface area contributed by atoms with E-state index in [2.05, 4.69) is 30.8 Å². The third-order valence-corrected chi connectivity index (χ3v) is 4.08. The Morgan fingerprint density at radius 2 is 2.00 bits per heavy atom. The van der Waals surface area contributed by atoms with E-state index in [4.69, 9.17) is 15.7 Å². The van der Waals surface area contributed by atoms with Gasteiger partial charge in [0.25, 0.3) is 0 Å². The van der Waals surface area contributed by atoms with Gasteiger partial charge in [-0.1, -0.05) is 25.9 Å². The van der Waals surface area contributed by atoms with Crippen LogP contribution < -0.4 is 5.73 Å². The second-order valence-electron chi connectivity index (χ2n) is 6.18. The number of ether oxygens (including phenoxy) is 1. The second-order valence-corrected chi connectivity index (χ2v) is 6.18. The Hall–Kier alpha value is -0.810. The van der Waals surface area contributed by atoms with Gasteiger partial charge in [-0.05, 0) is 38.3 Å². The summed E-state index contributed by atoms with van der Waals surface area (Å²) in [6, 6.07) is 0. The van der Waals surface area contributed by atoms with Crippen LogP contribution in [-0.4, -0.2) is 48.8 Å². The molecule has 0 aromatic carbocycles. The highest BCUT2D eigenvalue weighted by atomic mass is 16.5. The van der Waals surface area contributed by atoms with Crippen LogP contribution in [0.4, 0.5) is 0 Å². The number of nitrogens with two attached hydrogens (primary N) is 1. The number of amidine groups is 1. The maximum Gasteiger partial charge on any atom is 0.145 e. The molecule has 0 radical (unpaired) electrons. The highest BCUT2D eigenvalue weighted by Crippen LogP contribution is 2.30. The van der Waals surface area contributed by atoms with Gasteiger partial charge in [-0.25, -0.2) is 0 Å². The third kappa shape index (κ3) is 5.37. The number of hydrogen-bond donors (Lipinski definition) is 2. The van der Waals surface area contributed by atoms with E-state index in [0.29, 0.717) is 11.8 Å². The van der Waals surface area contributed by atoms with Crippen molar-refractivity contribution in [1.29, 1.82) is 0 Å². The molecule has 1 fully saturated rings. The molecule has 0 aliphatic carbocycles. The summed E-state index contributed by atoms with van der Waals surface area (Å²) in [6.07, 6.45) is 3.01. The molecular weight excluding hydrogens is 242 g/mol. The molecule has 0 atom stereocenters. The number of rotatable bonds is 7. The predicted octanol–water partition coefficient (Wildman–Crippen LogP) is 1.90. The molecule has 1 saturated heterocycles. The molecule has 1 aliphatic rings. The molecule has 0 unspecified atom stereocenters. The first-order valence-electron chi connectivity index (χ1n) is 7.26. The highest BCUT2D eigenvalue weighted by Gasteiger charge is 2.33. The van der Waals surface area contributed by atoms with E-state index in [1.165, 1.54) is 0 Å². The van der Waals surface area contributed by atoms with Gasteiger partial charge in [0.1, 0.15) is 5.84 Å². The minimum atomic E-state index is -0.149. The molecule has 1 rings (SSSR count). The van der Waals surface area contributed by atoms with E-state index < -0.39 is 0 Å². The van der Waals surface area contributed by atoms with E-state index >= 15 is 0 Å². The Morgan fingerprint density at radius 3 is 2.53 bits per heavy atom. The van der Waals surface area contributed by atoms with Crippen molar-refractivity contribution >= 4 is 5.84 Å². The first kappa shape index (κ1) is 16.2. The van der Waals surface area contributed by atoms with Gasteiger partial charge in [0.2, 0.25) is 0 Å². The summed E-state index contributed by atoms with van der Waals surface area (Å²) in [5, 5.41) is 12.0. The Labute approximate surface area is 116 Å². The van der Waals surface area contributed by atoms with Crippen LogP contribution in [0.5, 0.6) is 0 Å². The van der Waals surface area contributed by atoms with Crippen molar-refractivity contribution in [3.8, 4) is 0 Å². The highest BCUT2D eigenvalue weighted by molar-refractivity contribution is 5.85. The Balaban J connectivity index is 2.17. The summed E-state index contributed by atoms with van der Waals surface area (Å²) in [5.74, 6) is 1.07. The summed E-state index contributed by atoms with van der Waals surface area (Å²) >= 11 is 0. The van der Waals surface area contributed by atoms with Crippen molar-refractivity contribution in [3.63, 3.8) is 0 Å². The number of oxime groups is 1.